The lowest BCUT2D eigenvalue weighted by atomic mass is 10.1. The molecule has 34 heavy (non-hydrogen) atoms. The first-order chi connectivity index (χ1) is 16.4. The third-order valence-electron chi connectivity index (χ3n) is 5.43. The zero-order chi connectivity index (χ0) is 24.5. The van der Waals surface area contributed by atoms with Crippen LogP contribution in [0.25, 0.3) is 0 Å². The summed E-state index contributed by atoms with van der Waals surface area (Å²) in [4.78, 5) is 23.2. The number of rotatable bonds is 7. The second kappa shape index (κ2) is 12.1. The van der Waals surface area contributed by atoms with Crippen molar-refractivity contribution in [1.82, 2.24) is 9.80 Å². The average molecular weight is 475 g/mol. The van der Waals surface area contributed by atoms with Crippen molar-refractivity contribution in [3.05, 3.63) is 47.5 Å². The van der Waals surface area contributed by atoms with Crippen molar-refractivity contribution in [2.75, 3.05) is 46.7 Å². The Morgan fingerprint density at radius 2 is 1.41 bits per heavy atom. The monoisotopic (exact) mass is 474 g/mol. The third kappa shape index (κ3) is 7.00. The van der Waals surface area contributed by atoms with E-state index in [0.717, 1.165) is 62.3 Å². The number of ether oxygens (including phenoxy) is 4. The van der Waals surface area contributed by atoms with Crippen LogP contribution in [0.2, 0.25) is 0 Å². The van der Waals surface area contributed by atoms with E-state index in [2.05, 4.69) is 34.1 Å². The van der Waals surface area contributed by atoms with Gasteiger partial charge in [-0.3, -0.25) is 9.80 Å². The van der Waals surface area contributed by atoms with Crippen LogP contribution in [-0.4, -0.2) is 78.6 Å². The molecule has 0 aliphatic carbocycles. The molecule has 0 aromatic heterocycles. The number of carbonyl (C=O) groups is 2. The van der Waals surface area contributed by atoms with Crippen molar-refractivity contribution in [2.45, 2.75) is 20.0 Å². The molecular formula is C24H30N2O8. The van der Waals surface area contributed by atoms with Crippen LogP contribution in [-0.2, 0) is 22.7 Å². The fraction of sp³-hybridized carbons (Fsp3) is 0.417. The summed E-state index contributed by atoms with van der Waals surface area (Å²) in [5.74, 6) is -0.326. The van der Waals surface area contributed by atoms with Crippen LogP contribution in [0.3, 0.4) is 0 Å². The molecule has 2 aromatic rings. The van der Waals surface area contributed by atoms with E-state index in [9.17, 15) is 0 Å². The standard InChI is InChI=1S/C22H28N2O4.C2H2O4/c1-3-26-21-12-17(4-6-19(21)25-2)14-23-8-10-24(11-9-23)15-18-5-7-20-22(13-18)28-16-27-20;3-1(4)2(5)6/h4-7,12-13H,3,8-11,14-16H2,1-2H3;(H,3,4)(H,5,6). The van der Waals surface area contributed by atoms with Crippen molar-refractivity contribution in [3.63, 3.8) is 0 Å². The summed E-state index contributed by atoms with van der Waals surface area (Å²) in [5.41, 5.74) is 2.53. The van der Waals surface area contributed by atoms with E-state index in [4.69, 9.17) is 38.7 Å². The lowest BCUT2D eigenvalue weighted by Gasteiger charge is -2.34. The van der Waals surface area contributed by atoms with Gasteiger partial charge < -0.3 is 29.2 Å². The highest BCUT2D eigenvalue weighted by Crippen LogP contribution is 2.33. The number of benzene rings is 2. The van der Waals surface area contributed by atoms with Crippen molar-refractivity contribution >= 4 is 11.9 Å². The molecule has 2 heterocycles. The van der Waals surface area contributed by atoms with Crippen LogP contribution >= 0.6 is 0 Å². The maximum atomic E-state index is 9.10. The maximum Gasteiger partial charge on any atom is 0.414 e. The summed E-state index contributed by atoms with van der Waals surface area (Å²) < 4.78 is 22.0. The van der Waals surface area contributed by atoms with Gasteiger partial charge in [-0.15, -0.1) is 0 Å². The molecule has 0 atom stereocenters. The Kier molecular flexibility index (Phi) is 8.94. The molecule has 10 nitrogen and oxygen atoms in total. The van der Waals surface area contributed by atoms with Crippen LogP contribution in [0.1, 0.15) is 18.1 Å². The second-order valence-electron chi connectivity index (χ2n) is 7.77. The van der Waals surface area contributed by atoms with Gasteiger partial charge in [0, 0.05) is 39.3 Å². The zero-order valence-corrected chi connectivity index (χ0v) is 19.4. The van der Waals surface area contributed by atoms with Gasteiger partial charge in [0.25, 0.3) is 0 Å². The van der Waals surface area contributed by atoms with E-state index >= 15 is 0 Å². The van der Waals surface area contributed by atoms with Gasteiger partial charge in [0.2, 0.25) is 6.79 Å². The molecule has 2 aromatic carbocycles. The molecule has 2 N–H and O–H groups in total. The molecule has 0 amide bonds. The van der Waals surface area contributed by atoms with E-state index in [1.807, 2.05) is 19.1 Å². The molecule has 2 aliphatic heterocycles. The van der Waals surface area contributed by atoms with Crippen LogP contribution < -0.4 is 18.9 Å². The molecule has 4 rings (SSSR count). The molecule has 0 radical (unpaired) electrons. The largest absolute Gasteiger partial charge is 0.493 e. The SMILES string of the molecule is CCOc1cc(CN2CCN(Cc3ccc4c(c3)OCO4)CC2)ccc1OC.O=C(O)C(=O)O. The first-order valence-electron chi connectivity index (χ1n) is 11.0. The molecule has 2 aliphatic rings. The number of hydrogen-bond donors (Lipinski definition) is 2. The normalized spacial score (nSPS) is 15.2. The van der Waals surface area contributed by atoms with Crippen LogP contribution in [0.5, 0.6) is 23.0 Å². The van der Waals surface area contributed by atoms with Gasteiger partial charge in [0.05, 0.1) is 13.7 Å². The maximum absolute atomic E-state index is 9.10. The van der Waals surface area contributed by atoms with Gasteiger partial charge in [-0.05, 0) is 42.3 Å². The number of piperazine rings is 1. The van der Waals surface area contributed by atoms with Gasteiger partial charge >= 0.3 is 11.9 Å². The molecular weight excluding hydrogens is 444 g/mol. The molecule has 1 fully saturated rings. The number of carboxylic acids is 2. The van der Waals surface area contributed by atoms with Crippen LogP contribution in [0.15, 0.2) is 36.4 Å². The summed E-state index contributed by atoms with van der Waals surface area (Å²) in [7, 11) is 1.68. The minimum Gasteiger partial charge on any atom is -0.493 e. The smallest absolute Gasteiger partial charge is 0.414 e. The molecule has 10 heteroatoms. The Labute approximate surface area is 198 Å². The topological polar surface area (TPSA) is 118 Å². The molecule has 1 saturated heterocycles. The Morgan fingerprint density at radius 3 is 1.97 bits per heavy atom. The first-order valence-corrected chi connectivity index (χ1v) is 11.0. The average Bonchev–Trinajstić information content (AvgIpc) is 3.29. The number of carboxylic acid groups (broad SMARTS) is 2. The van der Waals surface area contributed by atoms with Crippen molar-refractivity contribution < 1.29 is 38.7 Å². The number of hydrogen-bond acceptors (Lipinski definition) is 8. The fourth-order valence-corrected chi connectivity index (χ4v) is 3.75. The molecule has 0 saturated carbocycles. The quantitative estimate of drug-likeness (QED) is 0.579. The molecule has 184 valence electrons. The minimum absolute atomic E-state index is 0.327. The summed E-state index contributed by atoms with van der Waals surface area (Å²) in [6.07, 6.45) is 0. The highest BCUT2D eigenvalue weighted by Gasteiger charge is 2.19. The Hall–Kier alpha value is -3.50. The predicted octanol–water partition coefficient (Wildman–Crippen LogP) is 2.30. The molecule has 0 bridgehead atoms. The zero-order valence-electron chi connectivity index (χ0n) is 19.4. The van der Waals surface area contributed by atoms with Gasteiger partial charge in [0.15, 0.2) is 23.0 Å². The third-order valence-corrected chi connectivity index (χ3v) is 5.43. The summed E-state index contributed by atoms with van der Waals surface area (Å²) in [5, 5.41) is 14.8. The first kappa shape index (κ1) is 25.1. The molecule has 0 spiro atoms. The second-order valence-corrected chi connectivity index (χ2v) is 7.77. The van der Waals surface area contributed by atoms with Gasteiger partial charge in [-0.2, -0.15) is 0 Å². The lowest BCUT2D eigenvalue weighted by molar-refractivity contribution is -0.159. The van der Waals surface area contributed by atoms with Gasteiger partial charge in [0.1, 0.15) is 0 Å². The Morgan fingerprint density at radius 1 is 0.853 bits per heavy atom. The predicted molar refractivity (Wildman–Crippen MR) is 123 cm³/mol. The van der Waals surface area contributed by atoms with E-state index in [-0.39, 0.29) is 0 Å². The van der Waals surface area contributed by atoms with E-state index in [1.54, 1.807) is 7.11 Å². The van der Waals surface area contributed by atoms with Gasteiger partial charge in [-0.1, -0.05) is 12.1 Å². The van der Waals surface area contributed by atoms with E-state index < -0.39 is 11.9 Å². The minimum atomic E-state index is -1.82. The summed E-state index contributed by atoms with van der Waals surface area (Å²) >= 11 is 0. The van der Waals surface area contributed by atoms with E-state index in [0.29, 0.717) is 13.4 Å². The molecule has 0 unspecified atom stereocenters. The summed E-state index contributed by atoms with van der Waals surface area (Å²) in [6.45, 7) is 9.06. The van der Waals surface area contributed by atoms with Gasteiger partial charge in [-0.25, -0.2) is 9.59 Å². The lowest BCUT2D eigenvalue weighted by Crippen LogP contribution is -2.45. The highest BCUT2D eigenvalue weighted by molar-refractivity contribution is 6.27. The highest BCUT2D eigenvalue weighted by atomic mass is 16.7. The number of aliphatic carboxylic acids is 2. The Balaban J connectivity index is 0.000000481. The van der Waals surface area contributed by atoms with E-state index in [1.165, 1.54) is 11.1 Å². The summed E-state index contributed by atoms with van der Waals surface area (Å²) in [6, 6.07) is 12.5. The fourth-order valence-electron chi connectivity index (χ4n) is 3.75. The number of fused-ring (bicyclic) bond motifs is 1. The van der Waals surface area contributed by atoms with Crippen LogP contribution in [0, 0.1) is 0 Å². The van der Waals surface area contributed by atoms with Crippen molar-refractivity contribution in [2.24, 2.45) is 0 Å². The van der Waals surface area contributed by atoms with Crippen molar-refractivity contribution in [3.8, 4) is 23.0 Å². The van der Waals surface area contributed by atoms with Crippen molar-refractivity contribution in [1.29, 1.82) is 0 Å². The number of methoxy groups -OCH3 is 1. The Bertz CT molecular complexity index is 977. The number of nitrogens with zero attached hydrogens (tertiary/aromatic N) is 2. The van der Waals surface area contributed by atoms with Crippen LogP contribution in [0.4, 0.5) is 0 Å².